The Morgan fingerprint density at radius 3 is 2.79 bits per heavy atom. The number of ether oxygens (including phenoxy) is 2. The molecule has 0 spiro atoms. The first-order valence-corrected chi connectivity index (χ1v) is 9.46. The topological polar surface area (TPSA) is 93.7 Å². The van der Waals surface area contributed by atoms with Crippen LogP contribution in [-0.4, -0.2) is 46.4 Å². The van der Waals surface area contributed by atoms with Crippen LogP contribution in [0.2, 0.25) is 5.02 Å². The van der Waals surface area contributed by atoms with Gasteiger partial charge >= 0.3 is 0 Å². The molecule has 1 heterocycles. The standard InChI is InChI=1S/C15H19ClN2O5S/c1-2-24(20,21)18-6-5-17-14(19)4-3-11-9-12(16)15-13(10-11)22-7-8-23-15/h3-4,9-10,18H,2,5-8H2,1H3,(H,17,19). The van der Waals surface area contributed by atoms with Crippen molar-refractivity contribution >= 4 is 33.6 Å². The van der Waals surface area contributed by atoms with E-state index in [1.54, 1.807) is 25.1 Å². The van der Waals surface area contributed by atoms with Gasteiger partial charge in [-0.1, -0.05) is 11.6 Å². The van der Waals surface area contributed by atoms with Crippen LogP contribution in [0.25, 0.3) is 6.08 Å². The van der Waals surface area contributed by atoms with Gasteiger partial charge in [0.05, 0.1) is 10.8 Å². The summed E-state index contributed by atoms with van der Waals surface area (Å²) in [7, 11) is -3.25. The summed E-state index contributed by atoms with van der Waals surface area (Å²) in [6.45, 7) is 2.79. The zero-order valence-corrected chi connectivity index (χ0v) is 14.7. The van der Waals surface area contributed by atoms with E-state index in [4.69, 9.17) is 21.1 Å². The zero-order chi connectivity index (χ0) is 17.6. The van der Waals surface area contributed by atoms with Gasteiger partial charge in [0.25, 0.3) is 0 Å². The molecule has 0 atom stereocenters. The summed E-state index contributed by atoms with van der Waals surface area (Å²) < 4.78 is 35.7. The lowest BCUT2D eigenvalue weighted by Gasteiger charge is -2.19. The minimum Gasteiger partial charge on any atom is -0.486 e. The highest BCUT2D eigenvalue weighted by Gasteiger charge is 2.15. The Hall–Kier alpha value is -1.77. The summed E-state index contributed by atoms with van der Waals surface area (Å²) in [5.74, 6) is 0.721. The maximum Gasteiger partial charge on any atom is 0.244 e. The van der Waals surface area contributed by atoms with Crippen LogP contribution in [0.3, 0.4) is 0 Å². The van der Waals surface area contributed by atoms with Gasteiger partial charge in [0.15, 0.2) is 11.5 Å². The number of benzene rings is 1. The number of carbonyl (C=O) groups is 1. The first-order chi connectivity index (χ1) is 11.4. The summed E-state index contributed by atoms with van der Waals surface area (Å²) >= 11 is 6.12. The van der Waals surface area contributed by atoms with Gasteiger partial charge in [0.2, 0.25) is 15.9 Å². The Balaban J connectivity index is 1.87. The van der Waals surface area contributed by atoms with E-state index in [0.717, 1.165) is 0 Å². The fourth-order valence-corrected chi connectivity index (χ4v) is 2.84. The lowest BCUT2D eigenvalue weighted by Crippen LogP contribution is -2.34. The van der Waals surface area contributed by atoms with Gasteiger partial charge in [-0.05, 0) is 30.7 Å². The van der Waals surface area contributed by atoms with Gasteiger partial charge in [-0.25, -0.2) is 13.1 Å². The molecule has 1 aromatic carbocycles. The molecular weight excluding hydrogens is 356 g/mol. The van der Waals surface area contributed by atoms with Gasteiger partial charge in [-0.2, -0.15) is 0 Å². The fourth-order valence-electron chi connectivity index (χ4n) is 1.95. The van der Waals surface area contributed by atoms with Gasteiger partial charge in [-0.15, -0.1) is 0 Å². The Labute approximate surface area is 146 Å². The summed E-state index contributed by atoms with van der Waals surface area (Å²) in [5, 5.41) is 3.00. The highest BCUT2D eigenvalue weighted by Crippen LogP contribution is 2.38. The number of hydrogen-bond acceptors (Lipinski definition) is 5. The molecule has 2 rings (SSSR count). The average Bonchev–Trinajstić information content (AvgIpc) is 2.57. The Morgan fingerprint density at radius 1 is 1.29 bits per heavy atom. The van der Waals surface area contributed by atoms with Crippen LogP contribution in [0.4, 0.5) is 0 Å². The van der Waals surface area contributed by atoms with Crippen LogP contribution in [-0.2, 0) is 14.8 Å². The maximum atomic E-state index is 11.7. The fraction of sp³-hybridized carbons (Fsp3) is 0.400. The second-order valence-corrected chi connectivity index (χ2v) is 7.45. The quantitative estimate of drug-likeness (QED) is 0.552. The van der Waals surface area contributed by atoms with E-state index in [-0.39, 0.29) is 24.7 Å². The van der Waals surface area contributed by atoms with E-state index < -0.39 is 10.0 Å². The van der Waals surface area contributed by atoms with Crippen LogP contribution < -0.4 is 19.5 Å². The van der Waals surface area contributed by atoms with E-state index in [1.807, 2.05) is 0 Å². The minimum absolute atomic E-state index is 0.00568. The molecule has 1 aliphatic rings. The van der Waals surface area contributed by atoms with Gasteiger partial charge in [0, 0.05) is 19.2 Å². The second kappa shape index (κ2) is 8.36. The van der Waals surface area contributed by atoms with E-state index >= 15 is 0 Å². The highest BCUT2D eigenvalue weighted by atomic mass is 35.5. The minimum atomic E-state index is -3.25. The molecule has 24 heavy (non-hydrogen) atoms. The van der Waals surface area contributed by atoms with Crippen molar-refractivity contribution in [3.8, 4) is 11.5 Å². The molecule has 0 unspecified atom stereocenters. The molecule has 7 nitrogen and oxygen atoms in total. The van der Waals surface area contributed by atoms with Gasteiger partial charge in [-0.3, -0.25) is 4.79 Å². The molecule has 0 aromatic heterocycles. The van der Waals surface area contributed by atoms with Crippen molar-refractivity contribution < 1.29 is 22.7 Å². The average molecular weight is 375 g/mol. The molecule has 1 aliphatic heterocycles. The number of nitrogens with one attached hydrogen (secondary N) is 2. The maximum absolute atomic E-state index is 11.7. The van der Waals surface area contributed by atoms with E-state index in [1.165, 1.54) is 6.08 Å². The highest BCUT2D eigenvalue weighted by molar-refractivity contribution is 7.89. The molecule has 0 saturated heterocycles. The largest absolute Gasteiger partial charge is 0.486 e. The van der Waals surface area contributed by atoms with Crippen molar-refractivity contribution in [2.45, 2.75) is 6.92 Å². The third kappa shape index (κ3) is 5.40. The van der Waals surface area contributed by atoms with Gasteiger partial charge < -0.3 is 14.8 Å². The number of fused-ring (bicyclic) bond motifs is 1. The number of rotatable bonds is 7. The molecule has 2 N–H and O–H groups in total. The predicted octanol–water partition coefficient (Wildman–Crippen LogP) is 1.18. The number of sulfonamides is 1. The van der Waals surface area contributed by atoms with Crippen LogP contribution in [0.15, 0.2) is 18.2 Å². The SMILES string of the molecule is CCS(=O)(=O)NCCNC(=O)C=Cc1cc(Cl)c2c(c1)OCCO2. The summed E-state index contributed by atoms with van der Waals surface area (Å²) in [5.41, 5.74) is 0.700. The smallest absolute Gasteiger partial charge is 0.244 e. The van der Waals surface area contributed by atoms with Crippen molar-refractivity contribution in [3.63, 3.8) is 0 Å². The van der Waals surface area contributed by atoms with E-state index in [9.17, 15) is 13.2 Å². The lowest BCUT2D eigenvalue weighted by atomic mass is 10.1. The van der Waals surface area contributed by atoms with E-state index in [2.05, 4.69) is 10.0 Å². The third-order valence-corrected chi connectivity index (χ3v) is 4.86. The van der Waals surface area contributed by atoms with Crippen molar-refractivity contribution in [1.29, 1.82) is 0 Å². The number of halogens is 1. The van der Waals surface area contributed by atoms with Crippen molar-refractivity contribution in [1.82, 2.24) is 10.0 Å². The van der Waals surface area contributed by atoms with Gasteiger partial charge in [0.1, 0.15) is 13.2 Å². The van der Waals surface area contributed by atoms with Crippen LogP contribution in [0.1, 0.15) is 12.5 Å². The Kier molecular flexibility index (Phi) is 6.47. The molecule has 0 aliphatic carbocycles. The molecular formula is C15H19ClN2O5S. The Morgan fingerprint density at radius 2 is 2.04 bits per heavy atom. The first kappa shape index (κ1) is 18.6. The molecule has 9 heteroatoms. The molecule has 1 aromatic rings. The molecule has 0 saturated carbocycles. The third-order valence-electron chi connectivity index (χ3n) is 3.17. The normalized spacial score (nSPS) is 13.9. The number of hydrogen-bond donors (Lipinski definition) is 2. The molecule has 132 valence electrons. The van der Waals surface area contributed by atoms with Crippen LogP contribution >= 0.6 is 11.6 Å². The lowest BCUT2D eigenvalue weighted by molar-refractivity contribution is -0.116. The van der Waals surface area contributed by atoms with Crippen molar-refractivity contribution in [2.75, 3.05) is 32.1 Å². The molecule has 0 radical (unpaired) electrons. The predicted molar refractivity (Wildman–Crippen MR) is 91.9 cm³/mol. The zero-order valence-electron chi connectivity index (χ0n) is 13.2. The van der Waals surface area contributed by atoms with Crippen LogP contribution in [0, 0.1) is 0 Å². The Bertz CT molecular complexity index is 734. The first-order valence-electron chi connectivity index (χ1n) is 7.43. The monoisotopic (exact) mass is 374 g/mol. The molecule has 0 fully saturated rings. The number of carbonyl (C=O) groups excluding carboxylic acids is 1. The van der Waals surface area contributed by atoms with E-state index in [0.29, 0.717) is 35.3 Å². The summed E-state index contributed by atoms with van der Waals surface area (Å²) in [6.07, 6.45) is 2.94. The second-order valence-electron chi connectivity index (χ2n) is 4.95. The van der Waals surface area contributed by atoms with Crippen molar-refractivity contribution in [3.05, 3.63) is 28.8 Å². The summed E-state index contributed by atoms with van der Waals surface area (Å²) in [6, 6.07) is 3.41. The molecule has 0 bridgehead atoms. The van der Waals surface area contributed by atoms with Crippen molar-refractivity contribution in [2.24, 2.45) is 0 Å². The van der Waals surface area contributed by atoms with Crippen LogP contribution in [0.5, 0.6) is 11.5 Å². The summed E-state index contributed by atoms with van der Waals surface area (Å²) in [4.78, 5) is 11.7. The number of amides is 1. The molecule has 1 amide bonds.